The van der Waals surface area contributed by atoms with Crippen LogP contribution in [0.2, 0.25) is 0 Å². The fourth-order valence-electron chi connectivity index (χ4n) is 7.38. The summed E-state index contributed by atoms with van der Waals surface area (Å²) in [7, 11) is 0. The molecule has 0 spiro atoms. The average Bonchev–Trinajstić information content (AvgIpc) is 3.50. The fraction of sp³-hybridized carbons (Fsp3) is 0.455. The van der Waals surface area contributed by atoms with E-state index in [9.17, 15) is 19.8 Å². The van der Waals surface area contributed by atoms with Crippen molar-refractivity contribution in [2.75, 3.05) is 13.2 Å². The molecule has 2 heterocycles. The van der Waals surface area contributed by atoms with E-state index in [1.807, 2.05) is 42.5 Å². The molecule has 39 heavy (non-hydrogen) atoms. The van der Waals surface area contributed by atoms with Gasteiger partial charge < -0.3 is 14.9 Å². The van der Waals surface area contributed by atoms with Gasteiger partial charge in [0.05, 0.1) is 31.2 Å². The second-order valence-corrected chi connectivity index (χ2v) is 11.5. The summed E-state index contributed by atoms with van der Waals surface area (Å²) in [5, 5.41) is 20.7. The Kier molecular flexibility index (Phi) is 7.41. The molecule has 2 aromatic rings. The molecular formula is C33H37NO5. The molecule has 0 bridgehead atoms. The summed E-state index contributed by atoms with van der Waals surface area (Å²) in [6, 6.07) is 17.5. The lowest BCUT2D eigenvalue weighted by Gasteiger charge is -2.31. The number of carbonyl (C=O) groups excluding carboxylic acids is 2. The topological polar surface area (TPSA) is 87.1 Å². The number of aliphatic hydroxyl groups is 1. The van der Waals surface area contributed by atoms with Gasteiger partial charge in [-0.2, -0.15) is 0 Å². The van der Waals surface area contributed by atoms with E-state index in [-0.39, 0.29) is 54.1 Å². The molecule has 0 aromatic heterocycles. The van der Waals surface area contributed by atoms with Gasteiger partial charge in [-0.05, 0) is 66.5 Å². The van der Waals surface area contributed by atoms with Gasteiger partial charge in [-0.25, -0.2) is 0 Å². The Morgan fingerprint density at radius 2 is 1.69 bits per heavy atom. The van der Waals surface area contributed by atoms with Crippen molar-refractivity contribution in [1.82, 2.24) is 4.90 Å². The second kappa shape index (κ2) is 11.1. The highest BCUT2D eigenvalue weighted by molar-refractivity contribution is 6.06. The number of phenols is 1. The molecular weight excluding hydrogens is 490 g/mol. The maximum absolute atomic E-state index is 13.7. The van der Waals surface area contributed by atoms with Crippen molar-refractivity contribution in [1.29, 1.82) is 0 Å². The van der Waals surface area contributed by atoms with Crippen molar-refractivity contribution in [2.45, 2.75) is 63.5 Å². The maximum atomic E-state index is 13.7. The van der Waals surface area contributed by atoms with E-state index < -0.39 is 0 Å². The van der Waals surface area contributed by atoms with Gasteiger partial charge in [-0.3, -0.25) is 14.5 Å². The van der Waals surface area contributed by atoms with Crippen LogP contribution in [0.5, 0.6) is 5.75 Å². The Bertz CT molecular complexity index is 1290. The Hall–Kier alpha value is -3.22. The summed E-state index contributed by atoms with van der Waals surface area (Å²) in [5.41, 5.74) is 4.84. The van der Waals surface area contributed by atoms with Gasteiger partial charge >= 0.3 is 0 Å². The Labute approximate surface area is 230 Å². The number of benzene rings is 2. The van der Waals surface area contributed by atoms with Crippen LogP contribution in [0.3, 0.4) is 0 Å². The molecule has 2 aliphatic heterocycles. The minimum atomic E-state index is -0.376. The van der Waals surface area contributed by atoms with Gasteiger partial charge in [0.2, 0.25) is 11.8 Å². The number of carbonyl (C=O) groups is 2. The zero-order chi connectivity index (χ0) is 26.9. The smallest absolute Gasteiger partial charge is 0.234 e. The number of hydrogen-bond donors (Lipinski definition) is 2. The van der Waals surface area contributed by atoms with Gasteiger partial charge in [0.15, 0.2) is 0 Å². The van der Waals surface area contributed by atoms with E-state index in [2.05, 4.69) is 12.1 Å². The molecule has 1 saturated carbocycles. The first kappa shape index (κ1) is 26.0. The number of hydrogen-bond acceptors (Lipinski definition) is 5. The van der Waals surface area contributed by atoms with Gasteiger partial charge in [0.1, 0.15) is 5.75 Å². The van der Waals surface area contributed by atoms with Crippen molar-refractivity contribution < 1.29 is 24.5 Å². The highest BCUT2D eigenvalue weighted by Gasteiger charge is 2.58. The van der Waals surface area contributed by atoms with E-state index in [0.29, 0.717) is 25.9 Å². The number of rotatable bonds is 7. The summed E-state index contributed by atoms with van der Waals surface area (Å²) in [5.74, 6) is -0.729. The minimum absolute atomic E-state index is 0.0231. The molecule has 4 atom stereocenters. The number of amides is 2. The minimum Gasteiger partial charge on any atom is -0.507 e. The quantitative estimate of drug-likeness (QED) is 0.288. The average molecular weight is 528 g/mol. The number of likely N-dealkylation sites (tertiary alicyclic amines) is 1. The lowest BCUT2D eigenvalue weighted by atomic mass is 9.69. The Morgan fingerprint density at radius 3 is 2.44 bits per heavy atom. The molecule has 2 aromatic carbocycles. The van der Waals surface area contributed by atoms with Crippen LogP contribution in [0.15, 0.2) is 65.7 Å². The molecule has 6 rings (SSSR count). The van der Waals surface area contributed by atoms with E-state index in [0.717, 1.165) is 53.5 Å². The molecule has 6 heteroatoms. The first-order valence-electron chi connectivity index (χ1n) is 14.4. The molecule has 2 saturated heterocycles. The van der Waals surface area contributed by atoms with Crippen molar-refractivity contribution in [3.8, 4) is 5.75 Å². The lowest BCUT2D eigenvalue weighted by Crippen LogP contribution is -2.42. The van der Waals surface area contributed by atoms with E-state index in [1.54, 1.807) is 11.0 Å². The van der Waals surface area contributed by atoms with Crippen LogP contribution < -0.4 is 0 Å². The first-order chi connectivity index (χ1) is 19.1. The van der Waals surface area contributed by atoms with E-state index >= 15 is 0 Å². The normalized spacial score (nSPS) is 27.7. The third-order valence-corrected chi connectivity index (χ3v) is 9.26. The first-order valence-corrected chi connectivity index (χ1v) is 14.4. The number of imide groups is 1. The molecule has 0 radical (unpaired) electrons. The summed E-state index contributed by atoms with van der Waals surface area (Å²) < 4.78 is 6.34. The zero-order valence-electron chi connectivity index (χ0n) is 22.3. The monoisotopic (exact) mass is 527 g/mol. The molecule has 204 valence electrons. The zero-order valence-corrected chi connectivity index (χ0v) is 22.3. The maximum Gasteiger partial charge on any atom is 0.234 e. The number of para-hydroxylation sites is 1. The summed E-state index contributed by atoms with van der Waals surface area (Å²) in [6.45, 7) is 0.297. The van der Waals surface area contributed by atoms with Crippen molar-refractivity contribution in [3.63, 3.8) is 0 Å². The Morgan fingerprint density at radius 1 is 0.949 bits per heavy atom. The second-order valence-electron chi connectivity index (χ2n) is 11.5. The molecule has 2 amide bonds. The van der Waals surface area contributed by atoms with Crippen LogP contribution in [-0.2, 0) is 14.3 Å². The molecule has 3 fully saturated rings. The van der Waals surface area contributed by atoms with Crippen LogP contribution in [0, 0.1) is 17.8 Å². The third kappa shape index (κ3) is 4.85. The molecule has 0 unspecified atom stereocenters. The van der Waals surface area contributed by atoms with Gasteiger partial charge in [-0.15, -0.1) is 0 Å². The predicted octanol–water partition coefficient (Wildman–Crippen LogP) is 5.35. The number of ether oxygens (including phenoxy) is 1. The SMILES string of the molecule is O=C1[C@@H]2[C@@H](CC(CO)=C3[C@@H](CC/C(=C/c4ccccc4O)c4ccccc4)OC[C@@H]32)C(=O)N1C1CCCCC1. The van der Waals surface area contributed by atoms with Gasteiger partial charge in [-0.1, -0.05) is 67.8 Å². The highest BCUT2D eigenvalue weighted by atomic mass is 16.5. The molecule has 6 nitrogen and oxygen atoms in total. The van der Waals surface area contributed by atoms with Gasteiger partial charge in [0, 0.05) is 17.5 Å². The number of aliphatic hydroxyl groups excluding tert-OH is 1. The lowest BCUT2D eigenvalue weighted by molar-refractivity contribution is -0.143. The molecule has 4 aliphatic rings. The number of phenolic OH excluding ortho intramolecular Hbond substituents is 1. The predicted molar refractivity (Wildman–Crippen MR) is 149 cm³/mol. The van der Waals surface area contributed by atoms with E-state index in [4.69, 9.17) is 4.74 Å². The summed E-state index contributed by atoms with van der Waals surface area (Å²) in [4.78, 5) is 28.8. The molecule has 2 aliphatic carbocycles. The van der Waals surface area contributed by atoms with Crippen LogP contribution in [0.4, 0.5) is 0 Å². The van der Waals surface area contributed by atoms with Crippen LogP contribution in [0.1, 0.15) is 62.5 Å². The Balaban J connectivity index is 1.25. The summed E-state index contributed by atoms with van der Waals surface area (Å²) >= 11 is 0. The third-order valence-electron chi connectivity index (χ3n) is 9.26. The molecule has 2 N–H and O–H groups in total. The van der Waals surface area contributed by atoms with Crippen LogP contribution in [0.25, 0.3) is 11.6 Å². The standard InChI is InChI=1S/C33H37NO5/c35-19-24-18-26-31(33(38)34(32(26)37)25-12-5-2-6-13-25)27-20-39-29(30(24)27)16-15-22(21-9-3-1-4-10-21)17-23-11-7-8-14-28(23)36/h1,3-4,7-11,14,17,25-27,29,31,35-36H,2,5-6,12-13,15-16,18-20H2/b22-17-/t26-,27+,29-,31-/m1/s1. The van der Waals surface area contributed by atoms with E-state index in [1.165, 1.54) is 6.42 Å². The van der Waals surface area contributed by atoms with Crippen molar-refractivity contribution in [2.24, 2.45) is 17.8 Å². The highest BCUT2D eigenvalue weighted by Crippen LogP contribution is 2.50. The van der Waals surface area contributed by atoms with Crippen molar-refractivity contribution in [3.05, 3.63) is 76.9 Å². The number of fused-ring (bicyclic) bond motifs is 3. The van der Waals surface area contributed by atoms with Crippen molar-refractivity contribution >= 4 is 23.5 Å². The number of nitrogens with zero attached hydrogens (tertiary/aromatic N) is 1. The largest absolute Gasteiger partial charge is 0.507 e. The number of allylic oxidation sites excluding steroid dienone is 1. The van der Waals surface area contributed by atoms with Gasteiger partial charge in [0.25, 0.3) is 0 Å². The fourth-order valence-corrected chi connectivity index (χ4v) is 7.38. The van der Waals surface area contributed by atoms with Crippen LogP contribution in [-0.4, -0.2) is 52.3 Å². The van der Waals surface area contributed by atoms with Crippen LogP contribution >= 0.6 is 0 Å². The number of aromatic hydroxyl groups is 1. The summed E-state index contributed by atoms with van der Waals surface area (Å²) in [6.07, 6.45) is 8.75.